The van der Waals surface area contributed by atoms with Crippen LogP contribution in [0.15, 0.2) is 53.4 Å². The summed E-state index contributed by atoms with van der Waals surface area (Å²) in [4.78, 5) is 12.9. The molecule has 2 unspecified atom stereocenters. The molecule has 0 aliphatic rings. The molecular weight excluding hydrogens is 419 g/mol. The highest BCUT2D eigenvalue weighted by atomic mass is 32.2. The Morgan fingerprint density at radius 1 is 1.00 bits per heavy atom. The van der Waals surface area contributed by atoms with Crippen molar-refractivity contribution in [3.63, 3.8) is 0 Å². The molecule has 0 bridgehead atoms. The number of ether oxygens (including phenoxy) is 1. The Hall–Kier alpha value is -2.25. The first-order valence-corrected chi connectivity index (χ1v) is 12.1. The van der Waals surface area contributed by atoms with Crippen molar-refractivity contribution < 1.29 is 26.5 Å². The molecule has 31 heavy (non-hydrogen) atoms. The van der Waals surface area contributed by atoms with Crippen LogP contribution >= 0.6 is 0 Å². The zero-order valence-corrected chi connectivity index (χ0v) is 19.2. The summed E-state index contributed by atoms with van der Waals surface area (Å²) in [5.41, 5.74) is 1.36. The first-order valence-electron chi connectivity index (χ1n) is 10.7. The summed E-state index contributed by atoms with van der Waals surface area (Å²) < 4.78 is 49.4. The topological polar surface area (TPSA) is 69.7 Å². The molecule has 0 saturated heterocycles. The molecule has 0 spiro atoms. The molecule has 0 saturated carbocycles. The third-order valence-electron chi connectivity index (χ3n) is 5.12. The van der Waals surface area contributed by atoms with Crippen LogP contribution in [-0.2, 0) is 23.8 Å². The van der Waals surface area contributed by atoms with Crippen LogP contribution in [0.3, 0.4) is 0 Å². The number of carbonyl (C=O) groups is 1. The van der Waals surface area contributed by atoms with Gasteiger partial charge in [0.05, 0.1) is 11.5 Å². The second-order valence-corrected chi connectivity index (χ2v) is 9.23. The van der Waals surface area contributed by atoms with Crippen LogP contribution in [0.2, 0.25) is 0 Å². The van der Waals surface area contributed by atoms with Gasteiger partial charge in [-0.3, -0.25) is 8.98 Å². The highest BCUT2D eigenvalue weighted by Crippen LogP contribution is 2.24. The Labute approximate surface area is 184 Å². The van der Waals surface area contributed by atoms with Crippen LogP contribution in [0.5, 0.6) is 0 Å². The van der Waals surface area contributed by atoms with Gasteiger partial charge in [-0.1, -0.05) is 56.5 Å². The second kappa shape index (κ2) is 12.0. The molecule has 170 valence electrons. The quantitative estimate of drug-likeness (QED) is 0.242. The molecule has 5 nitrogen and oxygen atoms in total. The fourth-order valence-corrected chi connectivity index (χ4v) is 4.06. The van der Waals surface area contributed by atoms with E-state index in [1.54, 1.807) is 12.1 Å². The van der Waals surface area contributed by atoms with Gasteiger partial charge in [0, 0.05) is 0 Å². The molecular formula is C24H31FO5S. The lowest BCUT2D eigenvalue weighted by atomic mass is 10.00. The van der Waals surface area contributed by atoms with Gasteiger partial charge in [0.15, 0.2) is 0 Å². The normalized spacial score (nSPS) is 13.5. The first kappa shape index (κ1) is 25.0. The molecule has 0 aliphatic heterocycles. The van der Waals surface area contributed by atoms with E-state index in [4.69, 9.17) is 8.92 Å². The van der Waals surface area contributed by atoms with Crippen LogP contribution in [0.25, 0.3) is 0 Å². The largest absolute Gasteiger partial charge is 0.462 e. The van der Waals surface area contributed by atoms with Crippen molar-refractivity contribution in [3.05, 3.63) is 65.5 Å². The average Bonchev–Trinajstić information content (AvgIpc) is 2.74. The number of esters is 1. The lowest BCUT2D eigenvalue weighted by Gasteiger charge is -2.21. The fraction of sp³-hybridized carbons (Fsp3) is 0.458. The van der Waals surface area contributed by atoms with Crippen molar-refractivity contribution in [1.82, 2.24) is 0 Å². The van der Waals surface area contributed by atoms with E-state index in [1.165, 1.54) is 36.4 Å². The van der Waals surface area contributed by atoms with Gasteiger partial charge in [0.1, 0.15) is 17.8 Å². The van der Waals surface area contributed by atoms with Gasteiger partial charge in [0.25, 0.3) is 10.1 Å². The molecule has 2 rings (SSSR count). The number of hydrogen-bond acceptors (Lipinski definition) is 5. The summed E-state index contributed by atoms with van der Waals surface area (Å²) in [7, 11) is -4.06. The lowest BCUT2D eigenvalue weighted by Crippen LogP contribution is -2.27. The molecule has 7 heteroatoms. The van der Waals surface area contributed by atoms with Crippen molar-refractivity contribution in [3.8, 4) is 0 Å². The van der Waals surface area contributed by atoms with Gasteiger partial charge >= 0.3 is 5.97 Å². The standard InChI is InChI=1S/C24H31FO5S/c1-4-6-7-8-21(5-2)30-24(26)23(19-11-13-20(25)14-12-19)17-29-31(27,28)22-15-9-18(3)10-16-22/h9-16,21,23H,4-8,17H2,1-3H3. The summed E-state index contributed by atoms with van der Waals surface area (Å²) >= 11 is 0. The zero-order chi connectivity index (χ0) is 22.9. The Balaban J connectivity index is 2.17. The minimum Gasteiger partial charge on any atom is -0.462 e. The van der Waals surface area contributed by atoms with Gasteiger partial charge in [-0.15, -0.1) is 0 Å². The molecule has 0 fully saturated rings. The van der Waals surface area contributed by atoms with Gasteiger partial charge in [0.2, 0.25) is 0 Å². The van der Waals surface area contributed by atoms with E-state index >= 15 is 0 Å². The number of aryl methyl sites for hydroxylation is 1. The maximum Gasteiger partial charge on any atom is 0.316 e. The zero-order valence-electron chi connectivity index (χ0n) is 18.3. The molecule has 0 amide bonds. The third kappa shape index (κ3) is 7.74. The highest BCUT2D eigenvalue weighted by molar-refractivity contribution is 7.86. The summed E-state index contributed by atoms with van der Waals surface area (Å²) in [6, 6.07) is 11.6. The molecule has 0 heterocycles. The van der Waals surface area contributed by atoms with E-state index < -0.39 is 34.4 Å². The Morgan fingerprint density at radius 2 is 1.65 bits per heavy atom. The lowest BCUT2D eigenvalue weighted by molar-refractivity contribution is -0.152. The number of carbonyl (C=O) groups excluding carboxylic acids is 1. The van der Waals surface area contributed by atoms with Gasteiger partial charge in [-0.05, 0) is 56.0 Å². The van der Waals surface area contributed by atoms with Crippen LogP contribution in [0.1, 0.15) is 63.0 Å². The van der Waals surface area contributed by atoms with Gasteiger partial charge < -0.3 is 4.74 Å². The van der Waals surface area contributed by atoms with Gasteiger partial charge in [-0.2, -0.15) is 8.42 Å². The molecule has 2 aromatic carbocycles. The third-order valence-corrected chi connectivity index (χ3v) is 6.42. The Bertz CT molecular complexity index is 923. The van der Waals surface area contributed by atoms with Crippen LogP contribution in [0, 0.1) is 12.7 Å². The monoisotopic (exact) mass is 450 g/mol. The number of benzene rings is 2. The van der Waals surface area contributed by atoms with Crippen LogP contribution in [0.4, 0.5) is 4.39 Å². The molecule has 0 N–H and O–H groups in total. The average molecular weight is 451 g/mol. The number of hydrogen-bond donors (Lipinski definition) is 0. The summed E-state index contributed by atoms with van der Waals surface area (Å²) in [6.07, 6.45) is 4.21. The van der Waals surface area contributed by atoms with E-state index in [-0.39, 0.29) is 11.0 Å². The summed E-state index contributed by atoms with van der Waals surface area (Å²) in [6.45, 7) is 5.47. The first-order chi connectivity index (χ1) is 14.8. The van der Waals surface area contributed by atoms with Crippen LogP contribution in [-0.4, -0.2) is 27.1 Å². The Morgan fingerprint density at radius 3 is 2.23 bits per heavy atom. The molecule has 2 aromatic rings. The van der Waals surface area contributed by atoms with Crippen molar-refractivity contribution in [2.75, 3.05) is 6.61 Å². The maximum atomic E-state index is 13.4. The predicted molar refractivity (Wildman–Crippen MR) is 118 cm³/mol. The molecule has 0 aromatic heterocycles. The van der Waals surface area contributed by atoms with Crippen molar-refractivity contribution >= 4 is 16.1 Å². The summed E-state index contributed by atoms with van der Waals surface area (Å²) in [5.74, 6) is -2.01. The van der Waals surface area contributed by atoms with Crippen molar-refractivity contribution in [2.45, 2.75) is 69.8 Å². The minimum atomic E-state index is -4.06. The van der Waals surface area contributed by atoms with E-state index in [9.17, 15) is 17.6 Å². The SMILES string of the molecule is CCCCCC(CC)OC(=O)C(COS(=O)(=O)c1ccc(C)cc1)c1ccc(F)cc1. The highest BCUT2D eigenvalue weighted by Gasteiger charge is 2.28. The van der Waals surface area contributed by atoms with Crippen molar-refractivity contribution in [2.24, 2.45) is 0 Å². The van der Waals surface area contributed by atoms with E-state index in [2.05, 4.69) is 6.92 Å². The number of halogens is 1. The summed E-state index contributed by atoms with van der Waals surface area (Å²) in [5, 5.41) is 0. The van der Waals surface area contributed by atoms with Crippen LogP contribution < -0.4 is 0 Å². The van der Waals surface area contributed by atoms with E-state index in [0.717, 1.165) is 31.2 Å². The smallest absolute Gasteiger partial charge is 0.316 e. The molecule has 2 atom stereocenters. The number of rotatable bonds is 12. The van der Waals surface area contributed by atoms with E-state index in [0.29, 0.717) is 12.0 Å². The van der Waals surface area contributed by atoms with Gasteiger partial charge in [-0.25, -0.2) is 4.39 Å². The maximum absolute atomic E-state index is 13.4. The predicted octanol–water partition coefficient (Wildman–Crippen LogP) is 5.53. The number of unbranched alkanes of at least 4 members (excludes halogenated alkanes) is 2. The van der Waals surface area contributed by atoms with Crippen molar-refractivity contribution in [1.29, 1.82) is 0 Å². The molecule has 0 radical (unpaired) electrons. The molecule has 0 aliphatic carbocycles. The van der Waals surface area contributed by atoms with E-state index in [1.807, 2.05) is 13.8 Å². The second-order valence-electron chi connectivity index (χ2n) is 7.62. The Kier molecular flexibility index (Phi) is 9.65. The fourth-order valence-electron chi connectivity index (χ4n) is 3.14. The minimum absolute atomic E-state index is 0.00956.